The van der Waals surface area contributed by atoms with Crippen molar-refractivity contribution >= 4 is 5.90 Å². The third kappa shape index (κ3) is 3.92. The maximum atomic E-state index is 11.6. The third-order valence-electron chi connectivity index (χ3n) is 5.43. The molecule has 4 heteroatoms. The lowest BCUT2D eigenvalue weighted by molar-refractivity contribution is -0.0384. The first kappa shape index (κ1) is 18.2. The van der Waals surface area contributed by atoms with E-state index in [2.05, 4.69) is 34.2 Å². The Balaban J connectivity index is 1.59. The lowest BCUT2D eigenvalue weighted by Gasteiger charge is -2.40. The Morgan fingerprint density at radius 1 is 1.07 bits per heavy atom. The lowest BCUT2D eigenvalue weighted by Crippen LogP contribution is -2.46. The molecular weight excluding hydrogens is 336 g/mol. The van der Waals surface area contributed by atoms with Gasteiger partial charge in [0.15, 0.2) is 0 Å². The molecule has 0 saturated carbocycles. The zero-order chi connectivity index (χ0) is 18.9. The van der Waals surface area contributed by atoms with Gasteiger partial charge in [0.2, 0.25) is 5.90 Å². The summed E-state index contributed by atoms with van der Waals surface area (Å²) in [4.78, 5) is 6.95. The molecule has 0 bridgehead atoms. The third-order valence-corrected chi connectivity index (χ3v) is 5.43. The first-order chi connectivity index (χ1) is 13.0. The molecular formula is C23H28N2O2. The maximum Gasteiger partial charge on any atom is 0.217 e. The Kier molecular flexibility index (Phi) is 4.79. The monoisotopic (exact) mass is 364 g/mol. The van der Waals surface area contributed by atoms with Crippen LogP contribution in [0.2, 0.25) is 0 Å². The number of piperidine rings is 1. The number of hydrogen-bond acceptors (Lipinski definition) is 4. The molecule has 4 nitrogen and oxygen atoms in total. The Labute approximate surface area is 161 Å². The molecule has 0 aromatic heterocycles. The highest BCUT2D eigenvalue weighted by molar-refractivity contribution is 5.97. The van der Waals surface area contributed by atoms with Gasteiger partial charge in [-0.2, -0.15) is 0 Å². The fraction of sp³-hybridized carbons (Fsp3) is 0.435. The summed E-state index contributed by atoms with van der Waals surface area (Å²) in [6, 6.07) is 18.5. The van der Waals surface area contributed by atoms with Crippen LogP contribution in [0.1, 0.15) is 43.4 Å². The summed E-state index contributed by atoms with van der Waals surface area (Å²) >= 11 is 0. The molecule has 0 amide bonds. The molecule has 2 aromatic rings. The number of aliphatic imine (C=N–C) groups is 1. The highest BCUT2D eigenvalue weighted by Gasteiger charge is 2.39. The van der Waals surface area contributed by atoms with Crippen molar-refractivity contribution in [1.82, 2.24) is 4.90 Å². The van der Waals surface area contributed by atoms with E-state index < -0.39 is 5.60 Å². The van der Waals surface area contributed by atoms with Crippen LogP contribution in [0.15, 0.2) is 59.6 Å². The number of nitrogens with zero attached hydrogens (tertiary/aromatic N) is 2. The van der Waals surface area contributed by atoms with Gasteiger partial charge in [0, 0.05) is 18.7 Å². The van der Waals surface area contributed by atoms with Crippen molar-refractivity contribution in [3.05, 3.63) is 71.3 Å². The minimum atomic E-state index is -0.887. The average Bonchev–Trinajstić information content (AvgIpc) is 3.02. The Morgan fingerprint density at radius 3 is 2.56 bits per heavy atom. The van der Waals surface area contributed by atoms with Gasteiger partial charge in [-0.1, -0.05) is 48.5 Å². The van der Waals surface area contributed by atoms with Crippen LogP contribution in [0.25, 0.3) is 0 Å². The molecule has 0 radical (unpaired) electrons. The molecule has 0 spiro atoms. The van der Waals surface area contributed by atoms with Crippen LogP contribution in [0.5, 0.6) is 0 Å². The first-order valence-corrected chi connectivity index (χ1v) is 9.77. The number of hydrogen-bond donors (Lipinski definition) is 1. The Hall–Kier alpha value is -2.17. The molecule has 2 heterocycles. The second kappa shape index (κ2) is 7.10. The van der Waals surface area contributed by atoms with Crippen LogP contribution in [-0.4, -0.2) is 41.1 Å². The predicted molar refractivity (Wildman–Crippen MR) is 108 cm³/mol. The van der Waals surface area contributed by atoms with Crippen LogP contribution in [-0.2, 0) is 16.9 Å². The summed E-state index contributed by atoms with van der Waals surface area (Å²) < 4.78 is 6.06. The smallest absolute Gasteiger partial charge is 0.217 e. The van der Waals surface area contributed by atoms with Crippen molar-refractivity contribution in [2.45, 2.75) is 44.4 Å². The Morgan fingerprint density at radius 2 is 1.81 bits per heavy atom. The summed E-state index contributed by atoms with van der Waals surface area (Å²) in [6.45, 7) is 7.22. The maximum absolute atomic E-state index is 11.6. The number of aliphatic hydroxyl groups is 1. The van der Waals surface area contributed by atoms with E-state index in [0.717, 1.165) is 37.1 Å². The van der Waals surface area contributed by atoms with Crippen LogP contribution < -0.4 is 0 Å². The second-order valence-electron chi connectivity index (χ2n) is 8.36. The zero-order valence-corrected chi connectivity index (χ0v) is 16.2. The molecule has 1 saturated heterocycles. The lowest BCUT2D eigenvalue weighted by atomic mass is 9.83. The molecule has 0 aliphatic carbocycles. The van der Waals surface area contributed by atoms with Crippen LogP contribution in [0.4, 0.5) is 0 Å². The number of benzene rings is 2. The number of β-amino-alcohol motifs (C(OH)–C–C–N with tert-alkyl or cyclic N) is 1. The molecule has 1 fully saturated rings. The highest BCUT2D eigenvalue weighted by atomic mass is 16.5. The zero-order valence-electron chi connectivity index (χ0n) is 16.2. The SMILES string of the molecule is CC1(C)CN=C(c2ccccc2C2(O)CCCN(Cc3ccccc3)C2)O1. The van der Waals surface area contributed by atoms with Gasteiger partial charge in [0.1, 0.15) is 11.2 Å². The highest BCUT2D eigenvalue weighted by Crippen LogP contribution is 2.35. The molecule has 27 heavy (non-hydrogen) atoms. The largest absolute Gasteiger partial charge is 0.469 e. The van der Waals surface area contributed by atoms with Crippen LogP contribution in [0.3, 0.4) is 0 Å². The number of likely N-dealkylation sites (tertiary alicyclic amines) is 1. The normalized spacial score (nSPS) is 25.1. The fourth-order valence-corrected chi connectivity index (χ4v) is 4.12. The van der Waals surface area contributed by atoms with Crippen molar-refractivity contribution < 1.29 is 9.84 Å². The summed E-state index contributed by atoms with van der Waals surface area (Å²) in [5.74, 6) is 0.657. The second-order valence-corrected chi connectivity index (χ2v) is 8.36. The van der Waals surface area contributed by atoms with E-state index in [4.69, 9.17) is 4.74 Å². The van der Waals surface area contributed by atoms with Gasteiger partial charge in [-0.05, 0) is 50.4 Å². The molecule has 1 N–H and O–H groups in total. The molecule has 2 aliphatic heterocycles. The average molecular weight is 364 g/mol. The predicted octanol–water partition coefficient (Wildman–Crippen LogP) is 3.73. The van der Waals surface area contributed by atoms with E-state index in [1.165, 1.54) is 5.56 Å². The van der Waals surface area contributed by atoms with Crippen molar-refractivity contribution in [1.29, 1.82) is 0 Å². The van der Waals surface area contributed by atoms with Crippen molar-refractivity contribution in [2.75, 3.05) is 19.6 Å². The van der Waals surface area contributed by atoms with E-state index in [1.54, 1.807) is 0 Å². The van der Waals surface area contributed by atoms with Gasteiger partial charge in [-0.15, -0.1) is 0 Å². The van der Waals surface area contributed by atoms with Crippen LogP contribution >= 0.6 is 0 Å². The van der Waals surface area contributed by atoms with Crippen molar-refractivity contribution in [3.63, 3.8) is 0 Å². The summed E-state index contributed by atoms with van der Waals surface area (Å²) in [7, 11) is 0. The quantitative estimate of drug-likeness (QED) is 0.899. The van der Waals surface area contributed by atoms with E-state index in [-0.39, 0.29) is 5.60 Å². The van der Waals surface area contributed by atoms with E-state index in [1.807, 2.05) is 44.2 Å². The van der Waals surface area contributed by atoms with Gasteiger partial charge in [0.05, 0.1) is 6.54 Å². The standard InChI is InChI=1S/C23H28N2O2/c1-22(2)16-24-21(27-22)19-11-6-7-12-20(19)23(26)13-8-14-25(17-23)15-18-9-4-3-5-10-18/h3-7,9-12,26H,8,13-17H2,1-2H3. The van der Waals surface area contributed by atoms with Gasteiger partial charge < -0.3 is 9.84 Å². The van der Waals surface area contributed by atoms with E-state index in [9.17, 15) is 5.11 Å². The molecule has 142 valence electrons. The van der Waals surface area contributed by atoms with Crippen molar-refractivity contribution in [2.24, 2.45) is 4.99 Å². The van der Waals surface area contributed by atoms with Gasteiger partial charge >= 0.3 is 0 Å². The molecule has 1 atom stereocenters. The topological polar surface area (TPSA) is 45.1 Å². The molecule has 2 aromatic carbocycles. The van der Waals surface area contributed by atoms with Gasteiger partial charge in [-0.3, -0.25) is 4.90 Å². The molecule has 1 unspecified atom stereocenters. The minimum Gasteiger partial charge on any atom is -0.469 e. The molecule has 4 rings (SSSR count). The van der Waals surface area contributed by atoms with Gasteiger partial charge in [-0.25, -0.2) is 4.99 Å². The minimum absolute atomic E-state index is 0.281. The fourth-order valence-electron chi connectivity index (χ4n) is 4.12. The number of ether oxygens (including phenoxy) is 1. The van der Waals surface area contributed by atoms with Gasteiger partial charge in [0.25, 0.3) is 0 Å². The summed E-state index contributed by atoms with van der Waals surface area (Å²) in [5.41, 5.74) is 1.96. The van der Waals surface area contributed by atoms with E-state index in [0.29, 0.717) is 19.0 Å². The summed E-state index contributed by atoms with van der Waals surface area (Å²) in [5, 5.41) is 11.6. The van der Waals surface area contributed by atoms with E-state index >= 15 is 0 Å². The summed E-state index contributed by atoms with van der Waals surface area (Å²) in [6.07, 6.45) is 1.72. The number of rotatable bonds is 4. The van der Waals surface area contributed by atoms with Crippen LogP contribution in [0, 0.1) is 0 Å². The molecule has 2 aliphatic rings. The Bertz CT molecular complexity index is 831. The first-order valence-electron chi connectivity index (χ1n) is 9.77. The van der Waals surface area contributed by atoms with Crippen molar-refractivity contribution in [3.8, 4) is 0 Å².